The number of hydrogen-bond acceptors (Lipinski definition) is 5. The van der Waals surface area contributed by atoms with Gasteiger partial charge in [0, 0.05) is 12.1 Å². The highest BCUT2D eigenvalue weighted by Crippen LogP contribution is 2.32. The van der Waals surface area contributed by atoms with Crippen LogP contribution in [-0.4, -0.2) is 45.9 Å². The van der Waals surface area contributed by atoms with Crippen molar-refractivity contribution in [2.45, 2.75) is 91.6 Å². The fraction of sp³-hybridized carbons (Fsp3) is 0.467. The topological polar surface area (TPSA) is 131 Å². The van der Waals surface area contributed by atoms with Gasteiger partial charge in [-0.3, -0.25) is 14.4 Å². The number of hydrogen-bond donors (Lipinski definition) is 3. The van der Waals surface area contributed by atoms with Crippen LogP contribution in [0.2, 0.25) is 0 Å². The highest BCUT2D eigenvalue weighted by atomic mass is 16.6. The van der Waals surface area contributed by atoms with Gasteiger partial charge >= 0.3 is 6.09 Å². The Kier molecular flexibility index (Phi) is 10.3. The van der Waals surface area contributed by atoms with Gasteiger partial charge in [0.2, 0.25) is 17.7 Å². The minimum atomic E-state index is -1.34. The molecule has 212 valence electrons. The zero-order valence-corrected chi connectivity index (χ0v) is 24.3. The van der Waals surface area contributed by atoms with Crippen LogP contribution < -0.4 is 16.4 Å². The lowest BCUT2D eigenvalue weighted by atomic mass is 9.91. The minimum absolute atomic E-state index is 0.258. The van der Waals surface area contributed by atoms with Crippen molar-refractivity contribution in [2.75, 3.05) is 0 Å². The Bertz CT molecular complexity index is 1180. The summed E-state index contributed by atoms with van der Waals surface area (Å²) in [4.78, 5) is 54.1. The van der Waals surface area contributed by atoms with Crippen molar-refractivity contribution < 1.29 is 23.9 Å². The van der Waals surface area contributed by atoms with Gasteiger partial charge in [-0.15, -0.1) is 0 Å². The Morgan fingerprint density at radius 1 is 0.949 bits per heavy atom. The predicted molar refractivity (Wildman–Crippen MR) is 151 cm³/mol. The molecule has 0 saturated heterocycles. The average molecular weight is 539 g/mol. The van der Waals surface area contributed by atoms with Crippen molar-refractivity contribution in [1.29, 1.82) is 0 Å². The van der Waals surface area contributed by atoms with Gasteiger partial charge in [0.15, 0.2) is 0 Å². The normalized spacial score (nSPS) is 13.1. The van der Waals surface area contributed by atoms with Gasteiger partial charge in [-0.2, -0.15) is 0 Å². The summed E-state index contributed by atoms with van der Waals surface area (Å²) in [5, 5.41) is 5.47. The smallest absolute Gasteiger partial charge is 0.408 e. The Labute approximate surface area is 231 Å². The first-order valence-electron chi connectivity index (χ1n) is 13.0. The van der Waals surface area contributed by atoms with E-state index in [-0.39, 0.29) is 6.54 Å². The predicted octanol–water partition coefficient (Wildman–Crippen LogP) is 4.06. The molecule has 39 heavy (non-hydrogen) atoms. The summed E-state index contributed by atoms with van der Waals surface area (Å²) in [5.74, 6) is -1.81. The summed E-state index contributed by atoms with van der Waals surface area (Å²) in [6.45, 7) is 14.5. The van der Waals surface area contributed by atoms with Gasteiger partial charge in [-0.25, -0.2) is 4.79 Å². The van der Waals surface area contributed by atoms with Crippen molar-refractivity contribution in [3.05, 3.63) is 70.8 Å². The standard InChI is InChI=1S/C30H42N4O5/c1-19-14-15-20(2)22(16-19)25(26(36)32-18-21-12-10-9-11-13-21)34(29(3,4)5)27(37)23(17-24(31)35)33-28(38)39-30(6,7)8/h9-16,23,25H,17-18H2,1-8H3,(H2,31,35)(H,32,36)(H,33,38). The molecule has 0 aliphatic heterocycles. The number of aryl methyl sites for hydroxylation is 2. The summed E-state index contributed by atoms with van der Waals surface area (Å²) in [6, 6.07) is 12.7. The summed E-state index contributed by atoms with van der Waals surface area (Å²) in [7, 11) is 0. The number of nitrogens with two attached hydrogens (primary N) is 1. The molecule has 2 aromatic rings. The van der Waals surface area contributed by atoms with E-state index in [2.05, 4.69) is 10.6 Å². The Balaban J connectivity index is 2.58. The molecule has 2 atom stereocenters. The molecule has 0 spiro atoms. The fourth-order valence-electron chi connectivity index (χ4n) is 4.20. The molecule has 4 N–H and O–H groups in total. The van der Waals surface area contributed by atoms with Crippen LogP contribution in [0.5, 0.6) is 0 Å². The molecule has 4 amide bonds. The molecule has 0 saturated carbocycles. The number of carbonyl (C=O) groups is 4. The number of rotatable bonds is 9. The molecule has 0 aliphatic rings. The second kappa shape index (κ2) is 12.8. The third kappa shape index (κ3) is 9.42. The summed E-state index contributed by atoms with van der Waals surface area (Å²) >= 11 is 0. The number of alkyl carbamates (subject to hydrolysis) is 1. The lowest BCUT2D eigenvalue weighted by Gasteiger charge is -2.43. The molecule has 0 radical (unpaired) electrons. The zero-order chi connectivity index (χ0) is 29.5. The minimum Gasteiger partial charge on any atom is -0.444 e. The van der Waals surface area contributed by atoms with E-state index in [1.807, 2.05) is 62.4 Å². The Morgan fingerprint density at radius 3 is 2.10 bits per heavy atom. The third-order valence-corrected chi connectivity index (χ3v) is 5.90. The quantitative estimate of drug-likeness (QED) is 0.443. The molecule has 0 aliphatic carbocycles. The van der Waals surface area contributed by atoms with Crippen LogP contribution in [0.15, 0.2) is 48.5 Å². The molecule has 2 unspecified atom stereocenters. The first-order chi connectivity index (χ1) is 18.0. The van der Waals surface area contributed by atoms with Gasteiger partial charge in [0.05, 0.1) is 6.42 Å². The summed E-state index contributed by atoms with van der Waals surface area (Å²) < 4.78 is 5.33. The fourth-order valence-corrected chi connectivity index (χ4v) is 4.20. The van der Waals surface area contributed by atoms with Crippen LogP contribution in [0.3, 0.4) is 0 Å². The van der Waals surface area contributed by atoms with E-state index in [0.29, 0.717) is 5.56 Å². The molecule has 2 aromatic carbocycles. The maximum absolute atomic E-state index is 14.2. The number of carbonyl (C=O) groups excluding carboxylic acids is 4. The van der Waals surface area contributed by atoms with E-state index >= 15 is 0 Å². The van der Waals surface area contributed by atoms with Gasteiger partial charge in [-0.05, 0) is 72.1 Å². The maximum Gasteiger partial charge on any atom is 0.408 e. The van der Waals surface area contributed by atoms with Crippen molar-refractivity contribution in [1.82, 2.24) is 15.5 Å². The summed E-state index contributed by atoms with van der Waals surface area (Å²) in [5.41, 5.74) is 7.01. The van der Waals surface area contributed by atoms with E-state index in [1.54, 1.807) is 41.5 Å². The lowest BCUT2D eigenvalue weighted by Crippen LogP contribution is -2.59. The largest absolute Gasteiger partial charge is 0.444 e. The SMILES string of the molecule is Cc1ccc(C)c(C(C(=O)NCc2ccccc2)N(C(=O)C(CC(N)=O)NC(=O)OC(C)(C)C)C(C)(C)C)c1. The molecule has 0 bridgehead atoms. The molecular weight excluding hydrogens is 496 g/mol. The van der Waals surface area contributed by atoms with Crippen molar-refractivity contribution in [3.63, 3.8) is 0 Å². The van der Waals surface area contributed by atoms with E-state index in [9.17, 15) is 19.2 Å². The third-order valence-electron chi connectivity index (χ3n) is 5.90. The van der Waals surface area contributed by atoms with Gasteiger partial charge in [-0.1, -0.05) is 54.1 Å². The number of primary amides is 1. The van der Waals surface area contributed by atoms with Crippen LogP contribution >= 0.6 is 0 Å². The van der Waals surface area contributed by atoms with Gasteiger partial charge in [0.1, 0.15) is 17.7 Å². The Hall–Kier alpha value is -3.88. The van der Waals surface area contributed by atoms with Crippen LogP contribution in [-0.2, 0) is 25.7 Å². The number of benzene rings is 2. The first-order valence-corrected chi connectivity index (χ1v) is 13.0. The van der Waals surface area contributed by atoms with Crippen LogP contribution in [0.25, 0.3) is 0 Å². The van der Waals surface area contributed by atoms with Gasteiger partial charge < -0.3 is 26.0 Å². The van der Waals surface area contributed by atoms with Crippen LogP contribution in [0, 0.1) is 13.8 Å². The van der Waals surface area contributed by atoms with E-state index in [4.69, 9.17) is 10.5 Å². The molecular formula is C30H42N4O5. The lowest BCUT2D eigenvalue weighted by molar-refractivity contribution is -0.149. The summed E-state index contributed by atoms with van der Waals surface area (Å²) in [6.07, 6.45) is -1.33. The van der Waals surface area contributed by atoms with Crippen molar-refractivity contribution in [3.8, 4) is 0 Å². The van der Waals surface area contributed by atoms with Crippen molar-refractivity contribution in [2.24, 2.45) is 5.73 Å². The van der Waals surface area contributed by atoms with Crippen LogP contribution in [0.1, 0.15) is 76.3 Å². The number of ether oxygens (including phenoxy) is 1. The average Bonchev–Trinajstić information content (AvgIpc) is 2.80. The first kappa shape index (κ1) is 31.3. The van der Waals surface area contributed by atoms with E-state index < -0.39 is 53.5 Å². The van der Waals surface area contributed by atoms with Crippen LogP contribution in [0.4, 0.5) is 4.79 Å². The molecule has 0 heterocycles. The van der Waals surface area contributed by atoms with Gasteiger partial charge in [0.25, 0.3) is 0 Å². The van der Waals surface area contributed by atoms with E-state index in [0.717, 1.165) is 16.7 Å². The second-order valence-corrected chi connectivity index (χ2v) is 11.7. The second-order valence-electron chi connectivity index (χ2n) is 11.7. The number of nitrogens with zero attached hydrogens (tertiary/aromatic N) is 1. The zero-order valence-electron chi connectivity index (χ0n) is 24.3. The van der Waals surface area contributed by atoms with E-state index in [1.165, 1.54) is 4.90 Å². The maximum atomic E-state index is 14.2. The molecule has 0 fully saturated rings. The highest BCUT2D eigenvalue weighted by molar-refractivity contribution is 5.95. The molecule has 2 rings (SSSR count). The molecule has 9 heteroatoms. The monoisotopic (exact) mass is 538 g/mol. The highest BCUT2D eigenvalue weighted by Gasteiger charge is 2.42. The number of nitrogens with one attached hydrogen (secondary N) is 2. The Morgan fingerprint density at radius 2 is 1.56 bits per heavy atom. The molecule has 9 nitrogen and oxygen atoms in total. The number of amides is 4. The van der Waals surface area contributed by atoms with Crippen molar-refractivity contribution >= 4 is 23.8 Å². The molecule has 0 aromatic heterocycles.